The standard InChI is InChI=1S/C34H58O12/c1-2-3-4-5-6-7-8-34(36)46-30-28-44-26-24-42-22-20-40-18-16-38-14-13-37-15-17-39-19-21-41-23-25-43-27-29-45-33-11-9-32(31-35)10-12-33/h9-12,31H,2-8,13-30H2,1H3. The average molecular weight is 659 g/mol. The zero-order valence-electron chi connectivity index (χ0n) is 28.0. The van der Waals surface area contributed by atoms with Crippen LogP contribution in [0.3, 0.4) is 0 Å². The van der Waals surface area contributed by atoms with E-state index in [1.165, 1.54) is 25.7 Å². The number of carbonyl (C=O) groups excluding carboxylic acids is 2. The number of benzene rings is 1. The lowest BCUT2D eigenvalue weighted by molar-refractivity contribution is -0.145. The monoisotopic (exact) mass is 658 g/mol. The predicted molar refractivity (Wildman–Crippen MR) is 173 cm³/mol. The molecule has 0 amide bonds. The lowest BCUT2D eigenvalue weighted by Gasteiger charge is -2.09. The summed E-state index contributed by atoms with van der Waals surface area (Å²) in [5.41, 5.74) is 0.617. The molecule has 0 spiro atoms. The van der Waals surface area contributed by atoms with Crippen molar-refractivity contribution in [2.75, 3.05) is 119 Å². The van der Waals surface area contributed by atoms with E-state index in [4.69, 9.17) is 47.4 Å². The van der Waals surface area contributed by atoms with Gasteiger partial charge in [0.05, 0.1) is 106 Å². The number of ether oxygens (including phenoxy) is 10. The highest BCUT2D eigenvalue weighted by Gasteiger charge is 2.03. The number of hydrogen-bond donors (Lipinski definition) is 0. The summed E-state index contributed by atoms with van der Waals surface area (Å²) >= 11 is 0. The van der Waals surface area contributed by atoms with Gasteiger partial charge in [0.1, 0.15) is 25.2 Å². The van der Waals surface area contributed by atoms with E-state index in [0.29, 0.717) is 130 Å². The number of carbonyl (C=O) groups is 2. The molecule has 0 heterocycles. The van der Waals surface area contributed by atoms with Gasteiger partial charge in [-0.3, -0.25) is 9.59 Å². The Morgan fingerprint density at radius 3 is 1.28 bits per heavy atom. The van der Waals surface area contributed by atoms with Crippen LogP contribution in [0.4, 0.5) is 0 Å². The summed E-state index contributed by atoms with van der Waals surface area (Å²) in [6.45, 7) is 10.5. The fraction of sp³-hybridized carbons (Fsp3) is 0.765. The van der Waals surface area contributed by atoms with Gasteiger partial charge in [0.15, 0.2) is 0 Å². The molecule has 12 nitrogen and oxygen atoms in total. The molecule has 0 aliphatic rings. The van der Waals surface area contributed by atoms with E-state index in [9.17, 15) is 9.59 Å². The van der Waals surface area contributed by atoms with Crippen molar-refractivity contribution in [3.63, 3.8) is 0 Å². The number of unbranched alkanes of at least 4 members (excludes halogenated alkanes) is 5. The minimum absolute atomic E-state index is 0.146. The molecule has 266 valence electrons. The molecule has 0 aliphatic heterocycles. The second kappa shape index (κ2) is 34.2. The van der Waals surface area contributed by atoms with Gasteiger partial charge in [-0.05, 0) is 30.7 Å². The molecule has 0 aliphatic carbocycles. The largest absolute Gasteiger partial charge is 0.491 e. The van der Waals surface area contributed by atoms with E-state index in [1.807, 2.05) is 0 Å². The summed E-state index contributed by atoms with van der Waals surface area (Å²) in [6.07, 6.45) is 8.21. The van der Waals surface area contributed by atoms with Gasteiger partial charge in [0.2, 0.25) is 0 Å². The Bertz CT molecular complexity index is 793. The number of rotatable bonds is 36. The quantitative estimate of drug-likeness (QED) is 0.0580. The molecule has 0 saturated heterocycles. The summed E-state index contributed by atoms with van der Waals surface area (Å²) < 4.78 is 54.4. The van der Waals surface area contributed by atoms with E-state index in [0.717, 1.165) is 19.1 Å². The van der Waals surface area contributed by atoms with Gasteiger partial charge in [-0.1, -0.05) is 39.0 Å². The predicted octanol–water partition coefficient (Wildman–Crippen LogP) is 4.30. The van der Waals surface area contributed by atoms with Crippen LogP contribution in [0.2, 0.25) is 0 Å². The van der Waals surface area contributed by atoms with Crippen LogP contribution in [0.5, 0.6) is 5.75 Å². The first-order valence-corrected chi connectivity index (χ1v) is 16.7. The minimum Gasteiger partial charge on any atom is -0.491 e. The minimum atomic E-state index is -0.146. The van der Waals surface area contributed by atoms with Crippen LogP contribution in [-0.2, 0) is 47.4 Å². The van der Waals surface area contributed by atoms with Gasteiger partial charge in [-0.25, -0.2) is 0 Å². The summed E-state index contributed by atoms with van der Waals surface area (Å²) in [5.74, 6) is 0.556. The summed E-state index contributed by atoms with van der Waals surface area (Å²) in [5, 5.41) is 0. The van der Waals surface area contributed by atoms with Gasteiger partial charge < -0.3 is 47.4 Å². The normalized spacial score (nSPS) is 11.2. The van der Waals surface area contributed by atoms with Crippen LogP contribution in [0.1, 0.15) is 62.2 Å². The van der Waals surface area contributed by atoms with Crippen LogP contribution >= 0.6 is 0 Å². The molecule has 12 heteroatoms. The van der Waals surface area contributed by atoms with E-state index < -0.39 is 0 Å². The van der Waals surface area contributed by atoms with E-state index >= 15 is 0 Å². The molecule has 1 aromatic rings. The zero-order valence-corrected chi connectivity index (χ0v) is 28.0. The molecule has 0 aromatic heterocycles. The Morgan fingerprint density at radius 1 is 0.500 bits per heavy atom. The third-order valence-corrected chi connectivity index (χ3v) is 6.34. The van der Waals surface area contributed by atoms with E-state index in [1.54, 1.807) is 24.3 Å². The maximum atomic E-state index is 11.7. The zero-order chi connectivity index (χ0) is 33.0. The van der Waals surface area contributed by atoms with Crippen LogP contribution < -0.4 is 4.74 Å². The Hall–Kier alpha value is -2.16. The molecular formula is C34H58O12. The summed E-state index contributed by atoms with van der Waals surface area (Å²) in [6, 6.07) is 6.93. The maximum absolute atomic E-state index is 11.7. The van der Waals surface area contributed by atoms with Crippen molar-refractivity contribution < 1.29 is 57.0 Å². The first-order chi connectivity index (χ1) is 22.8. The summed E-state index contributed by atoms with van der Waals surface area (Å²) in [4.78, 5) is 22.3. The van der Waals surface area contributed by atoms with Crippen molar-refractivity contribution in [1.82, 2.24) is 0 Å². The van der Waals surface area contributed by atoms with Gasteiger partial charge in [-0.2, -0.15) is 0 Å². The third kappa shape index (κ3) is 29.3. The van der Waals surface area contributed by atoms with Crippen molar-refractivity contribution in [3.8, 4) is 5.75 Å². The Morgan fingerprint density at radius 2 is 0.870 bits per heavy atom. The molecule has 0 N–H and O–H groups in total. The Labute approximate surface area is 275 Å². The van der Waals surface area contributed by atoms with Gasteiger partial charge in [-0.15, -0.1) is 0 Å². The van der Waals surface area contributed by atoms with Crippen molar-refractivity contribution in [1.29, 1.82) is 0 Å². The second-order valence-corrected chi connectivity index (χ2v) is 10.2. The molecule has 0 radical (unpaired) electrons. The number of aldehydes is 1. The molecule has 46 heavy (non-hydrogen) atoms. The topological polar surface area (TPSA) is 126 Å². The number of esters is 1. The van der Waals surface area contributed by atoms with Crippen molar-refractivity contribution >= 4 is 12.3 Å². The van der Waals surface area contributed by atoms with Crippen LogP contribution in [0, 0.1) is 0 Å². The SMILES string of the molecule is CCCCCCCCC(=O)OCCOCCOCCOCCOCCOCCOCCOCCOCCOc1ccc(C=O)cc1. The van der Waals surface area contributed by atoms with Gasteiger partial charge in [0, 0.05) is 12.0 Å². The van der Waals surface area contributed by atoms with Crippen molar-refractivity contribution in [2.45, 2.75) is 51.9 Å². The van der Waals surface area contributed by atoms with Crippen molar-refractivity contribution in [3.05, 3.63) is 29.8 Å². The first kappa shape index (κ1) is 41.9. The molecule has 0 unspecified atom stereocenters. The van der Waals surface area contributed by atoms with Crippen LogP contribution in [-0.4, -0.2) is 131 Å². The average Bonchev–Trinajstić information content (AvgIpc) is 3.07. The first-order valence-electron chi connectivity index (χ1n) is 16.7. The maximum Gasteiger partial charge on any atom is 0.305 e. The molecule has 1 rings (SSSR count). The molecule has 0 saturated carbocycles. The van der Waals surface area contributed by atoms with E-state index in [2.05, 4.69) is 6.92 Å². The summed E-state index contributed by atoms with van der Waals surface area (Å²) in [7, 11) is 0. The molecule has 0 atom stereocenters. The van der Waals surface area contributed by atoms with Crippen LogP contribution in [0.25, 0.3) is 0 Å². The molecule has 0 bridgehead atoms. The fourth-order valence-corrected chi connectivity index (χ4v) is 3.84. The second-order valence-electron chi connectivity index (χ2n) is 10.2. The lowest BCUT2D eigenvalue weighted by atomic mass is 10.1. The lowest BCUT2D eigenvalue weighted by Crippen LogP contribution is -2.15. The molecule has 1 aromatic carbocycles. The highest BCUT2D eigenvalue weighted by Crippen LogP contribution is 2.10. The van der Waals surface area contributed by atoms with Crippen molar-refractivity contribution in [2.24, 2.45) is 0 Å². The highest BCUT2D eigenvalue weighted by atomic mass is 16.6. The Kier molecular flexibility index (Phi) is 31.1. The smallest absolute Gasteiger partial charge is 0.305 e. The fourth-order valence-electron chi connectivity index (χ4n) is 3.84. The number of hydrogen-bond acceptors (Lipinski definition) is 12. The molecule has 0 fully saturated rings. The van der Waals surface area contributed by atoms with Gasteiger partial charge >= 0.3 is 5.97 Å². The van der Waals surface area contributed by atoms with E-state index in [-0.39, 0.29) is 12.6 Å². The molecular weight excluding hydrogens is 600 g/mol. The highest BCUT2D eigenvalue weighted by molar-refractivity contribution is 5.74. The third-order valence-electron chi connectivity index (χ3n) is 6.34. The Balaban J connectivity index is 1.66. The van der Waals surface area contributed by atoms with Gasteiger partial charge in [0.25, 0.3) is 0 Å². The van der Waals surface area contributed by atoms with Crippen LogP contribution in [0.15, 0.2) is 24.3 Å².